The van der Waals surface area contributed by atoms with E-state index in [-0.39, 0.29) is 5.41 Å². The van der Waals surface area contributed by atoms with E-state index in [0.717, 1.165) is 34.2 Å². The molecular formula is C16H19BrN2O. The summed E-state index contributed by atoms with van der Waals surface area (Å²) < 4.78 is 6.69. The van der Waals surface area contributed by atoms with Crippen molar-refractivity contribution in [2.45, 2.75) is 44.4 Å². The molecule has 1 aliphatic carbocycles. The molecule has 0 spiro atoms. The molecule has 106 valence electrons. The molecule has 0 atom stereocenters. The lowest BCUT2D eigenvalue weighted by atomic mass is 9.72. The highest BCUT2D eigenvalue weighted by Crippen LogP contribution is 2.45. The van der Waals surface area contributed by atoms with E-state index in [0.29, 0.717) is 5.82 Å². The molecular weight excluding hydrogens is 316 g/mol. The van der Waals surface area contributed by atoms with E-state index in [9.17, 15) is 0 Å². The number of nitrogens with two attached hydrogens (primary N) is 1. The lowest BCUT2D eigenvalue weighted by molar-refractivity contribution is 0.242. The van der Waals surface area contributed by atoms with Crippen LogP contribution in [0.25, 0.3) is 11.1 Å². The SMILES string of the molecule is CC1(c2onc(N)c2-c2ccc(Br)cc2)CCCCC1. The minimum absolute atomic E-state index is 0.0608. The summed E-state index contributed by atoms with van der Waals surface area (Å²) in [5.41, 5.74) is 8.17. The molecule has 1 saturated carbocycles. The van der Waals surface area contributed by atoms with Gasteiger partial charge in [-0.25, -0.2) is 0 Å². The molecule has 1 aromatic carbocycles. The number of nitrogen functional groups attached to an aromatic ring is 1. The third-order valence-corrected chi connectivity index (χ3v) is 4.89. The highest BCUT2D eigenvalue weighted by molar-refractivity contribution is 9.10. The van der Waals surface area contributed by atoms with Crippen molar-refractivity contribution in [1.82, 2.24) is 5.16 Å². The van der Waals surface area contributed by atoms with Crippen molar-refractivity contribution < 1.29 is 4.52 Å². The molecule has 1 aromatic heterocycles. The topological polar surface area (TPSA) is 52.0 Å². The van der Waals surface area contributed by atoms with Gasteiger partial charge in [-0.1, -0.05) is 59.4 Å². The van der Waals surface area contributed by atoms with Crippen molar-refractivity contribution in [2.75, 3.05) is 5.73 Å². The fourth-order valence-electron chi connectivity index (χ4n) is 3.17. The van der Waals surface area contributed by atoms with Crippen molar-refractivity contribution in [3.63, 3.8) is 0 Å². The minimum atomic E-state index is 0.0608. The normalized spacial score (nSPS) is 18.1. The Morgan fingerprint density at radius 1 is 1.15 bits per heavy atom. The predicted octanol–water partition coefficient (Wildman–Crippen LogP) is 4.91. The van der Waals surface area contributed by atoms with Crippen molar-refractivity contribution in [1.29, 1.82) is 0 Å². The average molecular weight is 335 g/mol. The van der Waals surface area contributed by atoms with Gasteiger partial charge in [0.05, 0.1) is 5.56 Å². The molecule has 4 heteroatoms. The Morgan fingerprint density at radius 3 is 2.45 bits per heavy atom. The van der Waals surface area contributed by atoms with Gasteiger partial charge in [-0.3, -0.25) is 0 Å². The first-order chi connectivity index (χ1) is 9.60. The number of hydrogen-bond acceptors (Lipinski definition) is 3. The average Bonchev–Trinajstić information content (AvgIpc) is 2.83. The van der Waals surface area contributed by atoms with E-state index >= 15 is 0 Å². The van der Waals surface area contributed by atoms with Crippen LogP contribution in [0, 0.1) is 0 Å². The summed E-state index contributed by atoms with van der Waals surface area (Å²) >= 11 is 3.46. The van der Waals surface area contributed by atoms with E-state index in [4.69, 9.17) is 10.3 Å². The monoisotopic (exact) mass is 334 g/mol. The molecule has 0 saturated heterocycles. The van der Waals surface area contributed by atoms with Gasteiger partial charge in [0, 0.05) is 9.89 Å². The zero-order valence-electron chi connectivity index (χ0n) is 11.7. The molecule has 0 unspecified atom stereocenters. The number of rotatable bonds is 2. The van der Waals surface area contributed by atoms with Crippen LogP contribution in [-0.4, -0.2) is 5.16 Å². The van der Waals surface area contributed by atoms with Crippen LogP contribution in [0.15, 0.2) is 33.3 Å². The Labute approximate surface area is 127 Å². The zero-order valence-corrected chi connectivity index (χ0v) is 13.2. The molecule has 2 N–H and O–H groups in total. The largest absolute Gasteiger partial charge is 0.380 e. The maximum absolute atomic E-state index is 6.06. The third kappa shape index (κ3) is 2.37. The van der Waals surface area contributed by atoms with Crippen molar-refractivity contribution in [3.05, 3.63) is 34.5 Å². The quantitative estimate of drug-likeness (QED) is 0.848. The standard InChI is InChI=1S/C16H19BrN2O/c1-16(9-3-2-4-10-16)14-13(15(18)19-20-14)11-5-7-12(17)8-6-11/h5-8H,2-4,9-10H2,1H3,(H2,18,19). The fourth-order valence-corrected chi connectivity index (χ4v) is 3.43. The fraction of sp³-hybridized carbons (Fsp3) is 0.438. The van der Waals surface area contributed by atoms with Crippen molar-refractivity contribution >= 4 is 21.7 Å². The van der Waals surface area contributed by atoms with Crippen LogP contribution in [0.3, 0.4) is 0 Å². The summed E-state index contributed by atoms with van der Waals surface area (Å²) in [6.07, 6.45) is 6.09. The van der Waals surface area contributed by atoms with E-state index in [2.05, 4.69) is 40.1 Å². The Balaban J connectivity index is 2.07. The maximum atomic E-state index is 6.06. The van der Waals surface area contributed by atoms with Gasteiger partial charge in [0.25, 0.3) is 0 Å². The Morgan fingerprint density at radius 2 is 1.80 bits per heavy atom. The second kappa shape index (κ2) is 5.24. The number of benzene rings is 1. The molecule has 0 radical (unpaired) electrons. The van der Waals surface area contributed by atoms with Gasteiger partial charge >= 0.3 is 0 Å². The first-order valence-corrected chi connectivity index (χ1v) is 7.91. The summed E-state index contributed by atoms with van der Waals surface area (Å²) in [5.74, 6) is 1.45. The molecule has 2 aromatic rings. The van der Waals surface area contributed by atoms with Gasteiger partial charge in [-0.2, -0.15) is 0 Å². The van der Waals surface area contributed by atoms with E-state index in [1.165, 1.54) is 19.3 Å². The van der Waals surface area contributed by atoms with Crippen LogP contribution < -0.4 is 5.73 Å². The van der Waals surface area contributed by atoms with Crippen LogP contribution in [0.1, 0.15) is 44.8 Å². The van der Waals surface area contributed by atoms with E-state index < -0.39 is 0 Å². The van der Waals surface area contributed by atoms with E-state index in [1.54, 1.807) is 0 Å². The number of anilines is 1. The number of nitrogens with zero attached hydrogens (tertiary/aromatic N) is 1. The van der Waals surface area contributed by atoms with Crippen LogP contribution in [0.5, 0.6) is 0 Å². The molecule has 0 bridgehead atoms. The number of hydrogen-bond donors (Lipinski definition) is 1. The predicted molar refractivity (Wildman–Crippen MR) is 84.5 cm³/mol. The molecule has 3 nitrogen and oxygen atoms in total. The molecule has 1 heterocycles. The van der Waals surface area contributed by atoms with Crippen molar-refractivity contribution in [3.8, 4) is 11.1 Å². The van der Waals surface area contributed by atoms with E-state index in [1.807, 2.05) is 12.1 Å². The van der Waals surface area contributed by atoms with Crippen LogP contribution in [0.4, 0.5) is 5.82 Å². The second-order valence-corrected chi connectivity index (χ2v) is 6.82. The highest BCUT2D eigenvalue weighted by Gasteiger charge is 2.36. The highest BCUT2D eigenvalue weighted by atomic mass is 79.9. The van der Waals surface area contributed by atoms with Gasteiger partial charge in [0.1, 0.15) is 0 Å². The van der Waals surface area contributed by atoms with Gasteiger partial charge in [-0.15, -0.1) is 0 Å². The molecule has 1 aliphatic rings. The summed E-state index contributed by atoms with van der Waals surface area (Å²) in [4.78, 5) is 0. The van der Waals surface area contributed by atoms with Gasteiger partial charge in [0.15, 0.2) is 11.6 Å². The summed E-state index contributed by atoms with van der Waals surface area (Å²) in [7, 11) is 0. The zero-order chi connectivity index (χ0) is 14.2. The number of halogens is 1. The summed E-state index contributed by atoms with van der Waals surface area (Å²) in [6.45, 7) is 2.27. The lowest BCUT2D eigenvalue weighted by Crippen LogP contribution is -2.25. The Kier molecular flexibility index (Phi) is 3.59. The minimum Gasteiger partial charge on any atom is -0.380 e. The Bertz CT molecular complexity index is 597. The molecule has 20 heavy (non-hydrogen) atoms. The molecule has 1 fully saturated rings. The Hall–Kier alpha value is -1.29. The summed E-state index contributed by atoms with van der Waals surface area (Å²) in [5, 5.41) is 4.03. The molecule has 0 aliphatic heterocycles. The third-order valence-electron chi connectivity index (χ3n) is 4.36. The smallest absolute Gasteiger partial charge is 0.175 e. The van der Waals surface area contributed by atoms with Crippen LogP contribution in [-0.2, 0) is 5.41 Å². The first-order valence-electron chi connectivity index (χ1n) is 7.12. The van der Waals surface area contributed by atoms with Crippen LogP contribution >= 0.6 is 15.9 Å². The van der Waals surface area contributed by atoms with Gasteiger partial charge < -0.3 is 10.3 Å². The maximum Gasteiger partial charge on any atom is 0.175 e. The van der Waals surface area contributed by atoms with Gasteiger partial charge in [0.2, 0.25) is 0 Å². The summed E-state index contributed by atoms with van der Waals surface area (Å²) in [6, 6.07) is 8.16. The number of aromatic nitrogens is 1. The molecule has 3 rings (SSSR count). The second-order valence-electron chi connectivity index (χ2n) is 5.90. The first kappa shape index (κ1) is 13.7. The van der Waals surface area contributed by atoms with Gasteiger partial charge in [-0.05, 0) is 30.5 Å². The van der Waals surface area contributed by atoms with Crippen LogP contribution in [0.2, 0.25) is 0 Å². The molecule has 0 amide bonds. The lowest BCUT2D eigenvalue weighted by Gasteiger charge is -2.31. The van der Waals surface area contributed by atoms with Crippen molar-refractivity contribution in [2.24, 2.45) is 0 Å².